The van der Waals surface area contributed by atoms with Gasteiger partial charge < -0.3 is 10.3 Å². The van der Waals surface area contributed by atoms with Crippen molar-refractivity contribution in [1.29, 1.82) is 0 Å². The molecule has 0 spiro atoms. The molecule has 0 unspecified atom stereocenters. The smallest absolute Gasteiger partial charge is 0.230 e. The number of carbonyl (C=O) groups is 1. The summed E-state index contributed by atoms with van der Waals surface area (Å²) < 4.78 is 1.94. The van der Waals surface area contributed by atoms with E-state index in [-0.39, 0.29) is 11.7 Å². The molecule has 1 amide bonds. The molecule has 4 aromatic rings. The predicted molar refractivity (Wildman–Crippen MR) is 118 cm³/mol. The molecule has 0 atom stereocenters. The Hall–Kier alpha value is -3.03. The van der Waals surface area contributed by atoms with E-state index in [0.29, 0.717) is 22.5 Å². The summed E-state index contributed by atoms with van der Waals surface area (Å²) in [6.07, 6.45) is 3.57. The third kappa shape index (κ3) is 4.06. The molecule has 146 valence electrons. The monoisotopic (exact) mass is 423 g/mol. The first-order valence-electron chi connectivity index (χ1n) is 8.95. The van der Waals surface area contributed by atoms with Crippen molar-refractivity contribution in [2.24, 2.45) is 0 Å². The number of H-pyrrole nitrogens is 1. The van der Waals surface area contributed by atoms with Crippen molar-refractivity contribution in [3.8, 4) is 17.1 Å². The van der Waals surface area contributed by atoms with Crippen molar-refractivity contribution in [3.63, 3.8) is 0 Å². The molecular formula is C21H18ClN5OS. The van der Waals surface area contributed by atoms with Crippen LogP contribution in [0, 0.1) is 0 Å². The fourth-order valence-corrected chi connectivity index (χ4v) is 3.89. The number of nitrogens with zero attached hydrogens (tertiary/aromatic N) is 3. The van der Waals surface area contributed by atoms with Crippen molar-refractivity contribution < 1.29 is 4.79 Å². The van der Waals surface area contributed by atoms with Crippen molar-refractivity contribution in [1.82, 2.24) is 25.1 Å². The van der Waals surface area contributed by atoms with Crippen LogP contribution in [-0.2, 0) is 4.79 Å². The lowest BCUT2D eigenvalue weighted by Crippen LogP contribution is -2.25. The van der Waals surface area contributed by atoms with E-state index < -0.39 is 0 Å². The molecule has 2 aromatic carbocycles. The minimum absolute atomic E-state index is 0.0887. The number of fused-ring (bicyclic) bond motifs is 1. The van der Waals surface area contributed by atoms with E-state index in [1.54, 1.807) is 6.08 Å². The van der Waals surface area contributed by atoms with Gasteiger partial charge in [0.2, 0.25) is 5.91 Å². The van der Waals surface area contributed by atoms with Gasteiger partial charge >= 0.3 is 0 Å². The van der Waals surface area contributed by atoms with E-state index in [2.05, 4.69) is 27.1 Å². The Morgan fingerprint density at radius 3 is 2.79 bits per heavy atom. The molecule has 6 nitrogen and oxygen atoms in total. The maximum absolute atomic E-state index is 12.0. The third-order valence-corrected chi connectivity index (χ3v) is 5.51. The predicted octanol–water partition coefficient (Wildman–Crippen LogP) is 4.46. The molecule has 29 heavy (non-hydrogen) atoms. The zero-order chi connectivity index (χ0) is 20.2. The summed E-state index contributed by atoms with van der Waals surface area (Å²) in [6, 6.07) is 15.5. The van der Waals surface area contributed by atoms with Gasteiger partial charge in [0.1, 0.15) is 0 Å². The molecule has 2 heterocycles. The quantitative estimate of drug-likeness (QED) is 0.340. The number of nitrogens with one attached hydrogen (secondary N) is 2. The number of aromatic nitrogens is 4. The minimum atomic E-state index is -0.0887. The molecule has 0 aliphatic heterocycles. The maximum atomic E-state index is 12.0. The number of hydrogen-bond donors (Lipinski definition) is 2. The van der Waals surface area contributed by atoms with Crippen molar-refractivity contribution in [2.45, 2.75) is 5.16 Å². The van der Waals surface area contributed by atoms with Crippen LogP contribution in [0.5, 0.6) is 0 Å². The molecule has 2 N–H and O–H groups in total. The Kier molecular flexibility index (Phi) is 5.69. The number of aromatic amines is 1. The lowest BCUT2D eigenvalue weighted by atomic mass is 10.1. The second-order valence-electron chi connectivity index (χ2n) is 6.25. The number of halogens is 1. The molecule has 0 saturated heterocycles. The molecular weight excluding hydrogens is 406 g/mol. The van der Waals surface area contributed by atoms with Gasteiger partial charge in [0, 0.05) is 39.9 Å². The second kappa shape index (κ2) is 8.55. The van der Waals surface area contributed by atoms with Crippen LogP contribution in [0.25, 0.3) is 28.0 Å². The van der Waals surface area contributed by atoms with E-state index in [0.717, 1.165) is 22.2 Å². The van der Waals surface area contributed by atoms with Crippen LogP contribution in [0.15, 0.2) is 72.5 Å². The van der Waals surface area contributed by atoms with Gasteiger partial charge in [-0.1, -0.05) is 47.6 Å². The first-order chi connectivity index (χ1) is 14.2. The Balaban J connectivity index is 1.75. The van der Waals surface area contributed by atoms with E-state index in [1.807, 2.05) is 59.3 Å². The zero-order valence-electron chi connectivity index (χ0n) is 15.4. The average Bonchev–Trinajstić information content (AvgIpc) is 3.35. The van der Waals surface area contributed by atoms with Crippen molar-refractivity contribution >= 4 is 40.2 Å². The molecule has 0 radical (unpaired) electrons. The molecule has 8 heteroatoms. The molecule has 0 fully saturated rings. The van der Waals surface area contributed by atoms with Gasteiger partial charge in [0.25, 0.3) is 0 Å². The number of thioether (sulfide) groups is 1. The largest absolute Gasteiger partial charge is 0.360 e. The Morgan fingerprint density at radius 2 is 2.00 bits per heavy atom. The van der Waals surface area contributed by atoms with Gasteiger partial charge in [0.15, 0.2) is 11.0 Å². The molecule has 0 aliphatic rings. The van der Waals surface area contributed by atoms with Crippen LogP contribution in [0.2, 0.25) is 5.02 Å². The Bertz CT molecular complexity index is 1170. The first kappa shape index (κ1) is 19.3. The summed E-state index contributed by atoms with van der Waals surface area (Å²) >= 11 is 7.40. The highest BCUT2D eigenvalue weighted by Gasteiger charge is 2.19. The van der Waals surface area contributed by atoms with Crippen molar-refractivity contribution in [2.75, 3.05) is 12.3 Å². The molecule has 0 bridgehead atoms. The van der Waals surface area contributed by atoms with Gasteiger partial charge in [-0.3, -0.25) is 9.36 Å². The summed E-state index contributed by atoms with van der Waals surface area (Å²) in [5.74, 6) is 0.834. The molecule has 2 aromatic heterocycles. The van der Waals surface area contributed by atoms with Crippen LogP contribution >= 0.6 is 23.4 Å². The summed E-state index contributed by atoms with van der Waals surface area (Å²) in [5.41, 5.74) is 2.82. The molecule has 0 saturated carbocycles. The van der Waals surface area contributed by atoms with E-state index in [1.165, 1.54) is 11.8 Å². The summed E-state index contributed by atoms with van der Waals surface area (Å²) in [6.45, 7) is 4.04. The molecule has 0 aliphatic carbocycles. The van der Waals surface area contributed by atoms with Crippen LogP contribution in [0.4, 0.5) is 0 Å². The normalized spacial score (nSPS) is 10.9. The number of benzene rings is 2. The average molecular weight is 424 g/mol. The number of hydrogen-bond acceptors (Lipinski definition) is 4. The third-order valence-electron chi connectivity index (χ3n) is 4.32. The minimum Gasteiger partial charge on any atom is -0.360 e. The van der Waals surface area contributed by atoms with Gasteiger partial charge in [-0.25, -0.2) is 0 Å². The highest BCUT2D eigenvalue weighted by Crippen LogP contribution is 2.32. The number of amides is 1. The van der Waals surface area contributed by atoms with Crippen LogP contribution in [-0.4, -0.2) is 38.0 Å². The summed E-state index contributed by atoms with van der Waals surface area (Å²) in [7, 11) is 0. The Morgan fingerprint density at radius 1 is 1.21 bits per heavy atom. The van der Waals surface area contributed by atoms with Crippen LogP contribution in [0.3, 0.4) is 0 Å². The fraction of sp³-hybridized carbons (Fsp3) is 0.0952. The summed E-state index contributed by atoms with van der Waals surface area (Å²) in [4.78, 5) is 15.3. The van der Waals surface area contributed by atoms with Gasteiger partial charge in [-0.05, 0) is 30.3 Å². The summed E-state index contributed by atoms with van der Waals surface area (Å²) in [5, 5.41) is 13.9. The number of para-hydroxylation sites is 1. The maximum Gasteiger partial charge on any atom is 0.230 e. The number of rotatable bonds is 7. The standard InChI is InChI=1S/C21H18ClN5OS/c1-2-11-23-19(28)13-29-21-26-25-20(27(21)15-9-7-14(22)8-10-15)17-12-24-18-6-4-3-5-16(17)18/h2-10,12,24H,1,11,13H2,(H,23,28). The lowest BCUT2D eigenvalue weighted by molar-refractivity contribution is -0.118. The highest BCUT2D eigenvalue weighted by molar-refractivity contribution is 7.99. The van der Waals surface area contributed by atoms with Crippen LogP contribution < -0.4 is 5.32 Å². The highest BCUT2D eigenvalue weighted by atomic mass is 35.5. The lowest BCUT2D eigenvalue weighted by Gasteiger charge is -2.10. The van der Waals surface area contributed by atoms with Gasteiger partial charge in [-0.2, -0.15) is 0 Å². The fourth-order valence-electron chi connectivity index (χ4n) is 2.98. The van der Waals surface area contributed by atoms with E-state index >= 15 is 0 Å². The number of carbonyl (C=O) groups excluding carboxylic acids is 1. The second-order valence-corrected chi connectivity index (χ2v) is 7.63. The topological polar surface area (TPSA) is 75.6 Å². The Labute approximate surface area is 177 Å². The SMILES string of the molecule is C=CCNC(=O)CSc1nnc(-c2c[nH]c3ccccc23)n1-c1ccc(Cl)cc1. The van der Waals surface area contributed by atoms with E-state index in [4.69, 9.17) is 11.6 Å². The zero-order valence-corrected chi connectivity index (χ0v) is 17.0. The molecule has 4 rings (SSSR count). The first-order valence-corrected chi connectivity index (χ1v) is 10.3. The van der Waals surface area contributed by atoms with Gasteiger partial charge in [-0.15, -0.1) is 16.8 Å². The van der Waals surface area contributed by atoms with Crippen LogP contribution in [0.1, 0.15) is 0 Å². The van der Waals surface area contributed by atoms with Gasteiger partial charge in [0.05, 0.1) is 5.75 Å². The van der Waals surface area contributed by atoms with E-state index in [9.17, 15) is 4.79 Å². The van der Waals surface area contributed by atoms with Crippen molar-refractivity contribution in [3.05, 3.63) is 72.4 Å².